The fourth-order valence-corrected chi connectivity index (χ4v) is 2.28. The van der Waals surface area contributed by atoms with Gasteiger partial charge < -0.3 is 4.74 Å². The molecule has 21 heavy (non-hydrogen) atoms. The van der Waals surface area contributed by atoms with Gasteiger partial charge in [-0.1, -0.05) is 30.3 Å². The number of methoxy groups -OCH3 is 1. The highest BCUT2D eigenvalue weighted by molar-refractivity contribution is 9.10. The Hall–Kier alpha value is -2.14. The van der Waals surface area contributed by atoms with Crippen LogP contribution in [-0.2, 0) is 6.42 Å². The number of carbonyl (C=O) groups excluding carboxylic acids is 1. The van der Waals surface area contributed by atoms with E-state index in [1.54, 1.807) is 31.5 Å². The Labute approximate surface area is 132 Å². The van der Waals surface area contributed by atoms with Crippen LogP contribution in [0.1, 0.15) is 15.9 Å². The third-order valence-corrected chi connectivity index (χ3v) is 3.46. The van der Waals surface area contributed by atoms with Crippen LogP contribution in [0.3, 0.4) is 0 Å². The van der Waals surface area contributed by atoms with E-state index in [1.165, 1.54) is 0 Å². The smallest absolute Gasteiger partial charge is 0.271 e. The van der Waals surface area contributed by atoms with E-state index in [0.717, 1.165) is 10.0 Å². The minimum absolute atomic E-state index is 0.261. The topological polar surface area (TPSA) is 50.7 Å². The first-order valence-electron chi connectivity index (χ1n) is 6.40. The molecule has 0 aromatic heterocycles. The predicted octanol–water partition coefficient (Wildman–Crippen LogP) is 3.42. The number of hydrogen-bond donors (Lipinski definition) is 1. The molecule has 2 aromatic rings. The molecule has 2 aromatic carbocycles. The molecule has 0 aliphatic carbocycles. The highest BCUT2D eigenvalue weighted by atomic mass is 79.9. The highest BCUT2D eigenvalue weighted by Gasteiger charge is 2.07. The molecule has 0 radical (unpaired) electrons. The summed E-state index contributed by atoms with van der Waals surface area (Å²) in [5.41, 5.74) is 4.16. The Bertz CT molecular complexity index is 642. The molecule has 0 saturated carbocycles. The van der Waals surface area contributed by atoms with E-state index in [4.69, 9.17) is 4.74 Å². The van der Waals surface area contributed by atoms with Crippen molar-refractivity contribution < 1.29 is 9.53 Å². The lowest BCUT2D eigenvalue weighted by Crippen LogP contribution is -2.17. The zero-order valence-electron chi connectivity index (χ0n) is 11.5. The number of carbonyl (C=O) groups is 1. The van der Waals surface area contributed by atoms with Gasteiger partial charge in [0, 0.05) is 18.2 Å². The molecule has 0 saturated heterocycles. The van der Waals surface area contributed by atoms with E-state index in [2.05, 4.69) is 26.5 Å². The van der Waals surface area contributed by atoms with Crippen molar-refractivity contribution in [1.29, 1.82) is 0 Å². The number of nitrogens with zero attached hydrogens (tertiary/aromatic N) is 1. The van der Waals surface area contributed by atoms with Gasteiger partial charge in [0.05, 0.1) is 11.6 Å². The van der Waals surface area contributed by atoms with Crippen LogP contribution < -0.4 is 10.2 Å². The van der Waals surface area contributed by atoms with Crippen LogP contribution in [0.4, 0.5) is 0 Å². The molecule has 1 N–H and O–H groups in total. The first-order chi connectivity index (χ1) is 10.2. The summed E-state index contributed by atoms with van der Waals surface area (Å²) in [6.07, 6.45) is 2.35. The number of halogens is 1. The second-order valence-corrected chi connectivity index (χ2v) is 5.15. The zero-order valence-corrected chi connectivity index (χ0v) is 13.1. The third kappa shape index (κ3) is 4.43. The first kappa shape index (κ1) is 15.3. The van der Waals surface area contributed by atoms with Crippen LogP contribution in [0, 0.1) is 0 Å². The summed E-state index contributed by atoms with van der Waals surface area (Å²) in [5, 5.41) is 3.94. The molecular formula is C16H15BrN2O2. The van der Waals surface area contributed by atoms with Gasteiger partial charge in [-0.05, 0) is 39.7 Å². The maximum Gasteiger partial charge on any atom is 0.271 e. The summed E-state index contributed by atoms with van der Waals surface area (Å²) in [7, 11) is 1.58. The lowest BCUT2D eigenvalue weighted by Gasteiger charge is -2.05. The lowest BCUT2D eigenvalue weighted by atomic mass is 10.2. The molecule has 0 bridgehead atoms. The number of amides is 1. The van der Waals surface area contributed by atoms with Crippen molar-refractivity contribution in [3.8, 4) is 5.75 Å². The summed E-state index contributed by atoms with van der Waals surface area (Å²) in [4.78, 5) is 11.9. The molecule has 0 atom stereocenters. The van der Waals surface area contributed by atoms with Crippen molar-refractivity contribution in [2.75, 3.05) is 7.11 Å². The minimum Gasteiger partial charge on any atom is -0.496 e. The van der Waals surface area contributed by atoms with Gasteiger partial charge in [-0.3, -0.25) is 4.79 Å². The van der Waals surface area contributed by atoms with E-state index >= 15 is 0 Å². The normalized spacial score (nSPS) is 10.6. The Balaban J connectivity index is 1.91. The number of benzene rings is 2. The van der Waals surface area contributed by atoms with Gasteiger partial charge in [0.25, 0.3) is 5.91 Å². The molecule has 0 aliphatic rings. The van der Waals surface area contributed by atoms with E-state index in [0.29, 0.717) is 17.7 Å². The average Bonchev–Trinajstić information content (AvgIpc) is 2.52. The third-order valence-electron chi connectivity index (χ3n) is 2.84. The summed E-state index contributed by atoms with van der Waals surface area (Å²) in [5.74, 6) is 0.418. The van der Waals surface area contributed by atoms with Gasteiger partial charge in [-0.25, -0.2) is 5.43 Å². The van der Waals surface area contributed by atoms with Gasteiger partial charge in [-0.15, -0.1) is 0 Å². The number of hydrogen-bond acceptors (Lipinski definition) is 3. The number of ether oxygens (including phenoxy) is 1. The van der Waals surface area contributed by atoms with Gasteiger partial charge >= 0.3 is 0 Å². The largest absolute Gasteiger partial charge is 0.496 e. The molecule has 0 fully saturated rings. The fourth-order valence-electron chi connectivity index (χ4n) is 1.74. The molecule has 0 unspecified atom stereocenters. The monoisotopic (exact) mass is 346 g/mol. The Morgan fingerprint density at radius 2 is 2.05 bits per heavy atom. The molecule has 4 nitrogen and oxygen atoms in total. The number of nitrogens with one attached hydrogen (secondary N) is 1. The predicted molar refractivity (Wildman–Crippen MR) is 86.8 cm³/mol. The van der Waals surface area contributed by atoms with Crippen molar-refractivity contribution in [3.05, 3.63) is 64.1 Å². The molecular weight excluding hydrogens is 332 g/mol. The Kier molecular flexibility index (Phi) is 5.51. The average molecular weight is 347 g/mol. The molecule has 5 heteroatoms. The van der Waals surface area contributed by atoms with Crippen LogP contribution in [-0.4, -0.2) is 19.2 Å². The van der Waals surface area contributed by atoms with Gasteiger partial charge in [0.2, 0.25) is 0 Å². The van der Waals surface area contributed by atoms with Gasteiger partial charge in [0.1, 0.15) is 5.75 Å². The zero-order chi connectivity index (χ0) is 15.1. The Morgan fingerprint density at radius 1 is 1.29 bits per heavy atom. The summed E-state index contributed by atoms with van der Waals surface area (Å²) in [6, 6.07) is 15.0. The minimum atomic E-state index is -0.261. The van der Waals surface area contributed by atoms with Crippen LogP contribution in [0.25, 0.3) is 0 Å². The van der Waals surface area contributed by atoms with Crippen LogP contribution >= 0.6 is 15.9 Å². The van der Waals surface area contributed by atoms with E-state index in [9.17, 15) is 4.79 Å². The van der Waals surface area contributed by atoms with Crippen molar-refractivity contribution in [2.24, 2.45) is 5.10 Å². The first-order valence-corrected chi connectivity index (χ1v) is 7.19. The van der Waals surface area contributed by atoms with Crippen molar-refractivity contribution >= 4 is 28.1 Å². The molecule has 1 amide bonds. The molecule has 108 valence electrons. The maximum atomic E-state index is 11.9. The number of rotatable bonds is 5. The standard InChI is InChI=1S/C16H15BrN2O2/c1-21-15-8-7-13(11-14(15)17)16(20)19-18-10-9-12-5-3-2-4-6-12/h2-8,10-11H,9H2,1H3,(H,19,20). The van der Waals surface area contributed by atoms with Crippen molar-refractivity contribution in [2.45, 2.75) is 6.42 Å². The SMILES string of the molecule is COc1ccc(C(=O)NN=CCc2ccccc2)cc1Br. The van der Waals surface area contributed by atoms with Crippen LogP contribution in [0.15, 0.2) is 58.1 Å². The van der Waals surface area contributed by atoms with E-state index in [1.807, 2.05) is 30.3 Å². The van der Waals surface area contributed by atoms with E-state index in [-0.39, 0.29) is 5.91 Å². The fraction of sp³-hybridized carbons (Fsp3) is 0.125. The second kappa shape index (κ2) is 7.59. The van der Waals surface area contributed by atoms with Gasteiger partial charge in [-0.2, -0.15) is 5.10 Å². The quantitative estimate of drug-likeness (QED) is 0.666. The van der Waals surface area contributed by atoms with Crippen LogP contribution in [0.5, 0.6) is 5.75 Å². The molecule has 0 spiro atoms. The lowest BCUT2D eigenvalue weighted by molar-refractivity contribution is 0.0955. The molecule has 0 aliphatic heterocycles. The van der Waals surface area contributed by atoms with Crippen molar-refractivity contribution in [1.82, 2.24) is 5.43 Å². The van der Waals surface area contributed by atoms with E-state index < -0.39 is 0 Å². The van der Waals surface area contributed by atoms with Crippen LogP contribution in [0.2, 0.25) is 0 Å². The number of hydrazone groups is 1. The maximum absolute atomic E-state index is 11.9. The highest BCUT2D eigenvalue weighted by Crippen LogP contribution is 2.25. The summed E-state index contributed by atoms with van der Waals surface area (Å²) < 4.78 is 5.85. The Morgan fingerprint density at radius 3 is 2.71 bits per heavy atom. The van der Waals surface area contributed by atoms with Gasteiger partial charge in [0.15, 0.2) is 0 Å². The second-order valence-electron chi connectivity index (χ2n) is 4.29. The summed E-state index contributed by atoms with van der Waals surface area (Å²) in [6.45, 7) is 0. The van der Waals surface area contributed by atoms with Crippen molar-refractivity contribution in [3.63, 3.8) is 0 Å². The molecule has 0 heterocycles. The summed E-state index contributed by atoms with van der Waals surface area (Å²) >= 11 is 3.34. The molecule has 2 rings (SSSR count).